The van der Waals surface area contributed by atoms with Crippen LogP contribution in [-0.4, -0.2) is 32.6 Å². The maximum Gasteiger partial charge on any atom is 0.155 e. The average Bonchev–Trinajstić information content (AvgIpc) is 2.92. The number of benzene rings is 1. The molecule has 2 aliphatic rings. The minimum absolute atomic E-state index is 0.105. The molecule has 0 spiro atoms. The van der Waals surface area contributed by atoms with Crippen molar-refractivity contribution in [3.8, 4) is 5.75 Å². The lowest BCUT2D eigenvalue weighted by Gasteiger charge is -2.31. The van der Waals surface area contributed by atoms with E-state index in [0.29, 0.717) is 5.75 Å². The van der Waals surface area contributed by atoms with Crippen LogP contribution in [0.1, 0.15) is 43.4 Å². The van der Waals surface area contributed by atoms with Crippen LogP contribution in [0.5, 0.6) is 5.75 Å². The first-order valence-electron chi connectivity index (χ1n) is 7.82. The molecule has 1 aromatic rings. The molecule has 2 aliphatic heterocycles. The summed E-state index contributed by atoms with van der Waals surface area (Å²) in [5.41, 5.74) is 2.28. The van der Waals surface area contributed by atoms with Gasteiger partial charge in [-0.3, -0.25) is 0 Å². The molecule has 5 heteroatoms. The van der Waals surface area contributed by atoms with Crippen LogP contribution in [0.3, 0.4) is 0 Å². The molecule has 1 aromatic carbocycles. The van der Waals surface area contributed by atoms with Crippen molar-refractivity contribution in [1.82, 2.24) is 5.32 Å². The monoisotopic (exact) mass is 309 g/mol. The summed E-state index contributed by atoms with van der Waals surface area (Å²) in [6.07, 6.45) is 3.47. The third-order valence-electron chi connectivity index (χ3n) is 4.50. The maximum atomic E-state index is 12.4. The molecule has 0 radical (unpaired) electrons. The van der Waals surface area contributed by atoms with E-state index in [-0.39, 0.29) is 11.3 Å². The van der Waals surface area contributed by atoms with E-state index < -0.39 is 9.84 Å². The molecular formula is C16H23NO3S. The van der Waals surface area contributed by atoms with E-state index in [1.807, 2.05) is 19.1 Å². The first kappa shape index (κ1) is 14.9. The number of nitrogens with one attached hydrogen (secondary N) is 1. The van der Waals surface area contributed by atoms with Gasteiger partial charge in [0.15, 0.2) is 9.84 Å². The summed E-state index contributed by atoms with van der Waals surface area (Å²) in [7, 11) is -3.00. The van der Waals surface area contributed by atoms with Crippen LogP contribution < -0.4 is 10.1 Å². The molecule has 1 fully saturated rings. The Hall–Kier alpha value is -1.07. The lowest BCUT2D eigenvalue weighted by molar-refractivity contribution is 0.356. The highest BCUT2D eigenvalue weighted by Crippen LogP contribution is 2.34. The minimum atomic E-state index is -3.00. The molecule has 0 aliphatic carbocycles. The smallest absolute Gasteiger partial charge is 0.155 e. The predicted octanol–water partition coefficient (Wildman–Crippen LogP) is 2.24. The number of hydrogen-bond donors (Lipinski definition) is 1. The Morgan fingerprint density at radius 3 is 3.00 bits per heavy atom. The van der Waals surface area contributed by atoms with E-state index in [9.17, 15) is 8.42 Å². The van der Waals surface area contributed by atoms with Crippen LogP contribution in [0, 0.1) is 0 Å². The van der Waals surface area contributed by atoms with Gasteiger partial charge in [-0.25, -0.2) is 8.42 Å². The van der Waals surface area contributed by atoms with Crippen molar-refractivity contribution in [3.05, 3.63) is 29.3 Å². The second-order valence-corrected chi connectivity index (χ2v) is 8.24. The lowest BCUT2D eigenvalue weighted by atomic mass is 9.97. The first-order chi connectivity index (χ1) is 10.1. The van der Waals surface area contributed by atoms with Gasteiger partial charge < -0.3 is 10.1 Å². The van der Waals surface area contributed by atoms with Gasteiger partial charge in [0.1, 0.15) is 5.75 Å². The van der Waals surface area contributed by atoms with Gasteiger partial charge in [-0.05, 0) is 36.6 Å². The van der Waals surface area contributed by atoms with Crippen molar-refractivity contribution >= 4 is 9.84 Å². The Morgan fingerprint density at radius 2 is 2.24 bits per heavy atom. The molecule has 2 atom stereocenters. The zero-order valence-corrected chi connectivity index (χ0v) is 13.3. The topological polar surface area (TPSA) is 55.4 Å². The highest BCUT2D eigenvalue weighted by atomic mass is 32.2. The van der Waals surface area contributed by atoms with Crippen LogP contribution in [-0.2, 0) is 16.3 Å². The van der Waals surface area contributed by atoms with Crippen molar-refractivity contribution in [1.29, 1.82) is 0 Å². The zero-order chi connectivity index (χ0) is 14.9. The molecule has 0 amide bonds. The Morgan fingerprint density at radius 1 is 1.38 bits per heavy atom. The highest BCUT2D eigenvalue weighted by Gasteiger charge is 2.36. The van der Waals surface area contributed by atoms with E-state index in [0.717, 1.165) is 50.1 Å². The third kappa shape index (κ3) is 2.94. The van der Waals surface area contributed by atoms with Gasteiger partial charge in [0.25, 0.3) is 0 Å². The van der Waals surface area contributed by atoms with Crippen LogP contribution >= 0.6 is 0 Å². The normalized spacial score (nSPS) is 25.1. The molecule has 0 saturated carbocycles. The van der Waals surface area contributed by atoms with Crippen molar-refractivity contribution in [2.75, 3.05) is 18.9 Å². The van der Waals surface area contributed by atoms with Crippen molar-refractivity contribution in [2.24, 2.45) is 0 Å². The molecule has 2 unspecified atom stereocenters. The Balaban J connectivity index is 1.94. The summed E-state index contributed by atoms with van der Waals surface area (Å²) in [4.78, 5) is 0. The molecule has 21 heavy (non-hydrogen) atoms. The Kier molecular flexibility index (Phi) is 4.22. The minimum Gasteiger partial charge on any atom is -0.493 e. The summed E-state index contributed by atoms with van der Waals surface area (Å²) in [5, 5.41) is 3.10. The summed E-state index contributed by atoms with van der Waals surface area (Å²) < 4.78 is 30.4. The maximum absolute atomic E-state index is 12.4. The zero-order valence-electron chi connectivity index (χ0n) is 12.5. The lowest BCUT2D eigenvalue weighted by Crippen LogP contribution is -2.40. The average molecular weight is 309 g/mol. The summed E-state index contributed by atoms with van der Waals surface area (Å²) in [6, 6.07) is 6.02. The largest absolute Gasteiger partial charge is 0.493 e. The van der Waals surface area contributed by atoms with E-state index in [1.165, 1.54) is 5.56 Å². The van der Waals surface area contributed by atoms with Gasteiger partial charge in [0.05, 0.1) is 17.6 Å². The number of sulfone groups is 1. The van der Waals surface area contributed by atoms with E-state index in [1.54, 1.807) is 0 Å². The van der Waals surface area contributed by atoms with Crippen LogP contribution in [0.4, 0.5) is 0 Å². The molecule has 0 bridgehead atoms. The Labute approximate surface area is 126 Å². The summed E-state index contributed by atoms with van der Waals surface area (Å²) in [6.45, 7) is 3.52. The third-order valence-corrected chi connectivity index (χ3v) is 6.79. The second kappa shape index (κ2) is 5.97. The molecule has 3 rings (SSSR count). The van der Waals surface area contributed by atoms with Crippen LogP contribution in [0.15, 0.2) is 18.2 Å². The standard InChI is InChI=1S/C16H23NO3S/c1-2-17-16(15-5-3-4-10-21(15,18)19)13-6-7-14-12(11-13)8-9-20-14/h6-7,11,15-17H,2-5,8-10H2,1H3. The van der Waals surface area contributed by atoms with E-state index in [2.05, 4.69) is 11.4 Å². The molecule has 1 saturated heterocycles. The van der Waals surface area contributed by atoms with Gasteiger partial charge in [-0.2, -0.15) is 0 Å². The quantitative estimate of drug-likeness (QED) is 0.927. The van der Waals surface area contributed by atoms with E-state index in [4.69, 9.17) is 4.74 Å². The van der Waals surface area contributed by atoms with E-state index >= 15 is 0 Å². The van der Waals surface area contributed by atoms with Crippen molar-refractivity contribution in [3.63, 3.8) is 0 Å². The molecule has 116 valence electrons. The SMILES string of the molecule is CCNC(c1ccc2c(c1)CCO2)C1CCCCS1(=O)=O. The van der Waals surface area contributed by atoms with Gasteiger partial charge in [-0.1, -0.05) is 25.5 Å². The van der Waals surface area contributed by atoms with Gasteiger partial charge in [-0.15, -0.1) is 0 Å². The predicted molar refractivity (Wildman–Crippen MR) is 83.5 cm³/mol. The van der Waals surface area contributed by atoms with Crippen molar-refractivity contribution in [2.45, 2.75) is 43.9 Å². The van der Waals surface area contributed by atoms with Gasteiger partial charge >= 0.3 is 0 Å². The van der Waals surface area contributed by atoms with Crippen molar-refractivity contribution < 1.29 is 13.2 Å². The molecule has 4 nitrogen and oxygen atoms in total. The highest BCUT2D eigenvalue weighted by molar-refractivity contribution is 7.92. The van der Waals surface area contributed by atoms with Gasteiger partial charge in [0, 0.05) is 12.5 Å². The Bertz CT molecular complexity index is 612. The molecule has 0 aromatic heterocycles. The first-order valence-corrected chi connectivity index (χ1v) is 9.54. The molecule has 2 heterocycles. The fourth-order valence-electron chi connectivity index (χ4n) is 3.44. The second-order valence-electron chi connectivity index (χ2n) is 5.90. The number of ether oxygens (including phenoxy) is 1. The number of rotatable bonds is 4. The fourth-order valence-corrected chi connectivity index (χ4v) is 5.54. The number of fused-ring (bicyclic) bond motifs is 1. The van der Waals surface area contributed by atoms with Crippen LogP contribution in [0.2, 0.25) is 0 Å². The fraction of sp³-hybridized carbons (Fsp3) is 0.625. The van der Waals surface area contributed by atoms with Gasteiger partial charge in [0.2, 0.25) is 0 Å². The molecule has 1 N–H and O–H groups in total. The molecular weight excluding hydrogens is 286 g/mol. The number of hydrogen-bond acceptors (Lipinski definition) is 4. The van der Waals surface area contributed by atoms with Crippen LogP contribution in [0.25, 0.3) is 0 Å². The summed E-state index contributed by atoms with van der Waals surface area (Å²) >= 11 is 0. The summed E-state index contributed by atoms with van der Waals surface area (Å²) in [5.74, 6) is 1.27.